The molecule has 0 saturated carbocycles. The molecule has 0 unspecified atom stereocenters. The van der Waals surface area contributed by atoms with E-state index in [0.717, 1.165) is 19.3 Å². The molecule has 0 aliphatic rings. The van der Waals surface area contributed by atoms with E-state index in [1.54, 1.807) is 0 Å². The van der Waals surface area contributed by atoms with E-state index in [4.69, 9.17) is 22.6 Å². The zero-order chi connectivity index (χ0) is 23.2. The molecule has 31 heavy (non-hydrogen) atoms. The molecular weight excluding hydrogens is 427 g/mol. The monoisotopic (exact) mass is 482 g/mol. The van der Waals surface area contributed by atoms with E-state index in [1.165, 1.54) is 89.9 Å². The second-order valence-electron chi connectivity index (χ2n) is 7.27. The van der Waals surface area contributed by atoms with Gasteiger partial charge in [0.05, 0.1) is 0 Å². The maximum absolute atomic E-state index is 8.74. The van der Waals surface area contributed by atoms with E-state index in [1.807, 2.05) is 0 Å². The summed E-state index contributed by atoms with van der Waals surface area (Å²) in [5.41, 5.74) is 0. The van der Waals surface area contributed by atoms with Crippen molar-refractivity contribution < 1.29 is 57.7 Å². The van der Waals surface area contributed by atoms with Crippen molar-refractivity contribution in [2.45, 2.75) is 137 Å². The van der Waals surface area contributed by atoms with Crippen LogP contribution in [0, 0.1) is 6.92 Å². The summed E-state index contributed by atoms with van der Waals surface area (Å²) in [6.45, 7) is 13.0. The summed E-state index contributed by atoms with van der Waals surface area (Å²) in [6.07, 6.45) is 22.9. The van der Waals surface area contributed by atoms with E-state index >= 15 is 0 Å². The van der Waals surface area contributed by atoms with Crippen LogP contribution in [0.15, 0.2) is 0 Å². The molecule has 0 atom stereocenters. The van der Waals surface area contributed by atoms with Crippen molar-refractivity contribution in [1.29, 1.82) is 0 Å². The van der Waals surface area contributed by atoms with E-state index in [0.29, 0.717) is 6.61 Å². The van der Waals surface area contributed by atoms with Gasteiger partial charge in [-0.05, 0) is 6.42 Å². The van der Waals surface area contributed by atoms with Crippen molar-refractivity contribution in [3.63, 3.8) is 0 Å². The summed E-state index contributed by atoms with van der Waals surface area (Å²) in [4.78, 5) is 0. The molecular formula is C23H55NaO6S. The van der Waals surface area contributed by atoms with Crippen molar-refractivity contribution in [2.75, 3.05) is 6.61 Å². The molecule has 0 heterocycles. The minimum atomic E-state index is -4.67. The van der Waals surface area contributed by atoms with Gasteiger partial charge in [-0.1, -0.05) is 124 Å². The van der Waals surface area contributed by atoms with Gasteiger partial charge in [-0.25, -0.2) is 0 Å². The molecule has 0 rings (SSSR count). The van der Waals surface area contributed by atoms with E-state index < -0.39 is 10.4 Å². The Morgan fingerprint density at radius 2 is 0.806 bits per heavy atom. The molecule has 0 saturated heterocycles. The first-order valence-corrected chi connectivity index (χ1v) is 13.2. The van der Waals surface area contributed by atoms with Gasteiger partial charge in [0, 0.05) is 6.61 Å². The predicted octanol–water partition coefficient (Wildman–Crippen LogP) is 4.02. The molecule has 0 aliphatic heterocycles. The van der Waals surface area contributed by atoms with Crippen LogP contribution < -0.4 is 29.6 Å². The number of rotatable bonds is 15. The molecule has 0 fully saturated rings. The summed E-state index contributed by atoms with van der Waals surface area (Å²) in [7, 11) is -4.67. The van der Waals surface area contributed by atoms with Crippen LogP contribution in [-0.2, 0) is 10.4 Å². The van der Waals surface area contributed by atoms with Crippen LogP contribution in [0.25, 0.3) is 0 Å². The van der Waals surface area contributed by atoms with Crippen LogP contribution in [0.1, 0.15) is 137 Å². The van der Waals surface area contributed by atoms with Crippen LogP contribution in [0.4, 0.5) is 0 Å². The topological polar surface area (TPSA) is 126 Å². The maximum atomic E-state index is 8.74. The quantitative estimate of drug-likeness (QED) is 0.141. The Morgan fingerprint density at radius 3 is 1.00 bits per heavy atom. The third-order valence-electron chi connectivity index (χ3n) is 4.07. The Balaban J connectivity index is -0.0000000710. The number of hydrogen-bond acceptors (Lipinski definition) is 3. The van der Waals surface area contributed by atoms with Crippen LogP contribution >= 0.6 is 0 Å². The van der Waals surface area contributed by atoms with Gasteiger partial charge < -0.3 is 17.5 Å². The first-order valence-electron chi connectivity index (χ1n) is 11.8. The Kier molecular flexibility index (Phi) is 65.0. The minimum Gasteiger partial charge on any atom is -0.412 e. The largest absolute Gasteiger partial charge is 1.00 e. The van der Waals surface area contributed by atoms with Gasteiger partial charge in [0.25, 0.3) is 0 Å². The second kappa shape index (κ2) is 44.5. The van der Waals surface area contributed by atoms with E-state index in [9.17, 15) is 0 Å². The fraction of sp³-hybridized carbons (Fsp3) is 0.957. The van der Waals surface area contributed by atoms with Crippen LogP contribution in [-0.4, -0.2) is 34.7 Å². The molecule has 6 nitrogen and oxygen atoms in total. The van der Waals surface area contributed by atoms with Gasteiger partial charge in [-0.2, -0.15) is 14.8 Å². The first-order chi connectivity index (χ1) is 13.7. The maximum Gasteiger partial charge on any atom is 1.00 e. The Labute approximate surface area is 217 Å². The van der Waals surface area contributed by atoms with Crippen molar-refractivity contribution in [2.24, 2.45) is 0 Å². The van der Waals surface area contributed by atoms with Crippen LogP contribution in [0.5, 0.6) is 0 Å². The van der Waals surface area contributed by atoms with Crippen molar-refractivity contribution in [3.8, 4) is 0 Å². The summed E-state index contributed by atoms with van der Waals surface area (Å²) in [6, 6.07) is 0. The van der Waals surface area contributed by atoms with Crippen molar-refractivity contribution in [1.82, 2.24) is 0 Å². The predicted molar refractivity (Wildman–Crippen MR) is 131 cm³/mol. The Bertz CT molecular complexity index is 317. The number of hydrogen-bond donors (Lipinski definition) is 3. The van der Waals surface area contributed by atoms with Gasteiger partial charge in [0.15, 0.2) is 0 Å². The summed E-state index contributed by atoms with van der Waals surface area (Å²) in [5, 5.41) is 8.07. The molecule has 190 valence electrons. The summed E-state index contributed by atoms with van der Waals surface area (Å²) >= 11 is 0. The fourth-order valence-electron chi connectivity index (χ4n) is 2.32. The molecule has 0 radical (unpaired) electrons. The van der Waals surface area contributed by atoms with Gasteiger partial charge in [-0.3, -0.25) is 9.11 Å². The molecule has 0 spiro atoms. The minimum absolute atomic E-state index is 0. The molecule has 0 aromatic rings. The normalized spacial score (nSPS) is 9.42. The standard InChI is InChI=1S/C12H25.C7H16.C4H10O.Na.H2O4S.H2O/c1-3-5-7-9-11-12-10-8-6-4-2;1-3-5-7-6-4-2;1-2-3-4-5;;1-5(2,3)4;/h1,3-12H2,2H3;3-7H2,1-2H3;5H,2-4H2,1H3;;(H2,1,2,3,4);1H2/q-1;;;+1;;. The zero-order valence-electron chi connectivity index (χ0n) is 21.5. The molecule has 0 aromatic heterocycles. The van der Waals surface area contributed by atoms with E-state index in [2.05, 4.69) is 34.6 Å². The smallest absolute Gasteiger partial charge is 0.412 e. The third kappa shape index (κ3) is 102. The summed E-state index contributed by atoms with van der Waals surface area (Å²) < 4.78 is 31.6. The molecule has 0 aliphatic carbocycles. The van der Waals surface area contributed by atoms with Gasteiger partial charge in [-0.15, -0.1) is 0 Å². The molecule has 5 N–H and O–H groups in total. The average Bonchev–Trinajstić information content (AvgIpc) is 2.65. The van der Waals surface area contributed by atoms with Crippen LogP contribution in [0.3, 0.4) is 0 Å². The SMILES string of the molecule is CCCCCCC.CCCCO.O.O=S(=O)(O)O.[CH2-]CCCCCCCCCCC.[Na+]. The van der Waals surface area contributed by atoms with E-state index in [-0.39, 0.29) is 35.0 Å². The molecule has 0 aromatic carbocycles. The van der Waals surface area contributed by atoms with Crippen molar-refractivity contribution >= 4 is 10.4 Å². The first kappa shape index (κ1) is 45.3. The Hall–Kier alpha value is 0.790. The molecule has 0 amide bonds. The zero-order valence-corrected chi connectivity index (χ0v) is 24.3. The van der Waals surface area contributed by atoms with Crippen LogP contribution in [0.2, 0.25) is 0 Å². The third-order valence-corrected chi connectivity index (χ3v) is 4.07. The van der Waals surface area contributed by atoms with Gasteiger partial charge in [0.2, 0.25) is 0 Å². The second-order valence-corrected chi connectivity index (χ2v) is 8.16. The average molecular weight is 483 g/mol. The fourth-order valence-corrected chi connectivity index (χ4v) is 2.32. The summed E-state index contributed by atoms with van der Waals surface area (Å²) in [5.74, 6) is 0. The van der Waals surface area contributed by atoms with Crippen molar-refractivity contribution in [3.05, 3.63) is 6.92 Å². The Morgan fingerprint density at radius 1 is 0.581 bits per heavy atom. The number of aliphatic hydroxyl groups is 1. The van der Waals surface area contributed by atoms with Gasteiger partial charge >= 0.3 is 40.0 Å². The number of unbranched alkanes of at least 4 members (excludes halogenated alkanes) is 14. The number of aliphatic hydroxyl groups excluding tert-OH is 1. The van der Waals surface area contributed by atoms with Gasteiger partial charge in [0.1, 0.15) is 0 Å². The molecule has 0 bridgehead atoms. The molecule has 8 heteroatoms.